The van der Waals surface area contributed by atoms with Gasteiger partial charge in [0.2, 0.25) is 0 Å². The summed E-state index contributed by atoms with van der Waals surface area (Å²) in [6.07, 6.45) is 3.90. The Hall–Kier alpha value is -1.69. The number of hydrogen-bond donors (Lipinski definition) is 2. The Morgan fingerprint density at radius 2 is 2.17 bits per heavy atom. The van der Waals surface area contributed by atoms with E-state index < -0.39 is 5.97 Å². The Morgan fingerprint density at radius 3 is 2.78 bits per heavy atom. The van der Waals surface area contributed by atoms with Gasteiger partial charge in [0, 0.05) is 13.1 Å². The van der Waals surface area contributed by atoms with E-state index >= 15 is 0 Å². The predicted octanol–water partition coefficient (Wildman–Crippen LogP) is 1.32. The lowest BCUT2D eigenvalue weighted by Crippen LogP contribution is -2.29. The average Bonchev–Trinajstić information content (AvgIpc) is 2.38. The molecule has 1 heterocycles. The first kappa shape index (κ1) is 14.4. The number of carbonyl (C=O) groups is 1. The van der Waals surface area contributed by atoms with E-state index in [0.717, 1.165) is 32.6 Å². The van der Waals surface area contributed by atoms with E-state index in [1.807, 2.05) is 0 Å². The fraction of sp³-hybridized carbons (Fsp3) is 0.583. The van der Waals surface area contributed by atoms with E-state index in [4.69, 9.17) is 5.11 Å². The van der Waals surface area contributed by atoms with Gasteiger partial charge in [0.15, 0.2) is 5.69 Å². The van der Waals surface area contributed by atoms with Crippen LogP contribution in [0.2, 0.25) is 0 Å². The van der Waals surface area contributed by atoms with Gasteiger partial charge in [-0.3, -0.25) is 4.98 Å². The molecule has 0 atom stereocenters. The van der Waals surface area contributed by atoms with Crippen LogP contribution in [0.5, 0.6) is 0 Å². The fourth-order valence-electron chi connectivity index (χ4n) is 1.64. The van der Waals surface area contributed by atoms with Crippen LogP contribution in [0.4, 0.5) is 5.82 Å². The molecule has 0 saturated heterocycles. The number of nitrogens with one attached hydrogen (secondary N) is 1. The molecule has 0 spiro atoms. The van der Waals surface area contributed by atoms with Crippen LogP contribution < -0.4 is 5.32 Å². The Morgan fingerprint density at radius 1 is 1.39 bits per heavy atom. The van der Waals surface area contributed by atoms with Crippen LogP contribution in [-0.2, 0) is 0 Å². The molecule has 0 bridgehead atoms. The number of aromatic carboxylic acids is 1. The normalized spacial score (nSPS) is 10.6. The third-order valence-corrected chi connectivity index (χ3v) is 2.57. The third-order valence-electron chi connectivity index (χ3n) is 2.57. The van der Waals surface area contributed by atoms with Gasteiger partial charge in [-0.1, -0.05) is 13.8 Å². The molecule has 1 rings (SSSR count). The second-order valence-electron chi connectivity index (χ2n) is 3.96. The zero-order valence-electron chi connectivity index (χ0n) is 10.9. The highest BCUT2D eigenvalue weighted by Gasteiger charge is 2.06. The lowest BCUT2D eigenvalue weighted by Gasteiger charge is -2.19. The number of anilines is 1. The fourth-order valence-corrected chi connectivity index (χ4v) is 1.64. The van der Waals surface area contributed by atoms with Crippen molar-refractivity contribution in [3.05, 3.63) is 18.1 Å². The van der Waals surface area contributed by atoms with Crippen LogP contribution in [0.15, 0.2) is 12.4 Å². The van der Waals surface area contributed by atoms with Crippen LogP contribution in [0, 0.1) is 0 Å². The molecule has 0 radical (unpaired) electrons. The SMILES string of the molecule is CCCN(CC)CCNc1cncc(C(=O)O)n1. The molecule has 0 saturated carbocycles. The van der Waals surface area contributed by atoms with E-state index in [2.05, 4.69) is 34.0 Å². The monoisotopic (exact) mass is 252 g/mol. The molecule has 1 aromatic heterocycles. The Labute approximate surface area is 107 Å². The van der Waals surface area contributed by atoms with Crippen molar-refractivity contribution in [1.29, 1.82) is 0 Å². The number of aromatic nitrogens is 2. The van der Waals surface area contributed by atoms with Crippen molar-refractivity contribution in [1.82, 2.24) is 14.9 Å². The molecule has 0 aliphatic rings. The minimum absolute atomic E-state index is 0.0408. The Kier molecular flexibility index (Phi) is 6.07. The maximum absolute atomic E-state index is 10.7. The molecule has 0 aliphatic heterocycles. The molecule has 0 aromatic carbocycles. The summed E-state index contributed by atoms with van der Waals surface area (Å²) in [6.45, 7) is 7.99. The first-order chi connectivity index (χ1) is 8.67. The van der Waals surface area contributed by atoms with Gasteiger partial charge in [-0.25, -0.2) is 9.78 Å². The summed E-state index contributed by atoms with van der Waals surface area (Å²) >= 11 is 0. The van der Waals surface area contributed by atoms with Crippen LogP contribution in [-0.4, -0.2) is 52.1 Å². The van der Waals surface area contributed by atoms with Crippen molar-refractivity contribution < 1.29 is 9.90 Å². The number of hydrogen-bond acceptors (Lipinski definition) is 5. The molecule has 6 nitrogen and oxygen atoms in total. The van der Waals surface area contributed by atoms with E-state index in [1.54, 1.807) is 0 Å². The number of likely N-dealkylation sites (N-methyl/N-ethyl adjacent to an activating group) is 1. The summed E-state index contributed by atoms with van der Waals surface area (Å²) < 4.78 is 0. The molecule has 18 heavy (non-hydrogen) atoms. The van der Waals surface area contributed by atoms with Crippen molar-refractivity contribution in [2.75, 3.05) is 31.5 Å². The molecule has 0 unspecified atom stereocenters. The standard InChI is InChI=1S/C12H20N4O2/c1-3-6-16(4-2)7-5-14-11-9-13-8-10(15-11)12(17)18/h8-9H,3-7H2,1-2H3,(H,14,15)(H,17,18). The second-order valence-corrected chi connectivity index (χ2v) is 3.96. The minimum Gasteiger partial charge on any atom is -0.476 e. The Balaban J connectivity index is 2.43. The molecule has 0 fully saturated rings. The summed E-state index contributed by atoms with van der Waals surface area (Å²) in [5.74, 6) is -0.560. The van der Waals surface area contributed by atoms with Crippen LogP contribution in [0.3, 0.4) is 0 Å². The van der Waals surface area contributed by atoms with Gasteiger partial charge in [-0.15, -0.1) is 0 Å². The molecule has 2 N–H and O–H groups in total. The highest BCUT2D eigenvalue weighted by atomic mass is 16.4. The second kappa shape index (κ2) is 7.60. The number of carboxylic acid groups (broad SMARTS) is 1. The summed E-state index contributed by atoms with van der Waals surface area (Å²) in [4.78, 5) is 20.8. The highest BCUT2D eigenvalue weighted by Crippen LogP contribution is 2.02. The maximum Gasteiger partial charge on any atom is 0.356 e. The highest BCUT2D eigenvalue weighted by molar-refractivity contribution is 5.85. The lowest BCUT2D eigenvalue weighted by molar-refractivity contribution is 0.0690. The van der Waals surface area contributed by atoms with Crippen molar-refractivity contribution in [3.8, 4) is 0 Å². The van der Waals surface area contributed by atoms with Gasteiger partial charge >= 0.3 is 5.97 Å². The van der Waals surface area contributed by atoms with Crippen molar-refractivity contribution in [3.63, 3.8) is 0 Å². The van der Waals surface area contributed by atoms with Gasteiger partial charge in [-0.05, 0) is 19.5 Å². The van der Waals surface area contributed by atoms with E-state index in [1.165, 1.54) is 12.4 Å². The van der Waals surface area contributed by atoms with E-state index in [9.17, 15) is 4.79 Å². The average molecular weight is 252 g/mol. The first-order valence-electron chi connectivity index (χ1n) is 6.19. The van der Waals surface area contributed by atoms with Crippen LogP contribution in [0.1, 0.15) is 30.8 Å². The maximum atomic E-state index is 10.7. The summed E-state index contributed by atoms with van der Waals surface area (Å²) in [7, 11) is 0. The van der Waals surface area contributed by atoms with Gasteiger partial charge in [-0.2, -0.15) is 0 Å². The number of carboxylic acids is 1. The predicted molar refractivity (Wildman–Crippen MR) is 69.9 cm³/mol. The molecule has 0 aliphatic carbocycles. The molecule has 100 valence electrons. The number of nitrogens with zero attached hydrogens (tertiary/aromatic N) is 3. The molecule has 1 aromatic rings. The molecule has 0 amide bonds. The summed E-state index contributed by atoms with van der Waals surface area (Å²) in [5, 5.41) is 11.9. The van der Waals surface area contributed by atoms with Crippen LogP contribution >= 0.6 is 0 Å². The largest absolute Gasteiger partial charge is 0.476 e. The first-order valence-corrected chi connectivity index (χ1v) is 6.19. The van der Waals surface area contributed by atoms with Crippen molar-refractivity contribution >= 4 is 11.8 Å². The van der Waals surface area contributed by atoms with E-state index in [-0.39, 0.29) is 5.69 Å². The zero-order valence-corrected chi connectivity index (χ0v) is 10.9. The third kappa shape index (κ3) is 4.67. The zero-order chi connectivity index (χ0) is 13.4. The van der Waals surface area contributed by atoms with Crippen LogP contribution in [0.25, 0.3) is 0 Å². The van der Waals surface area contributed by atoms with E-state index in [0.29, 0.717) is 5.82 Å². The topological polar surface area (TPSA) is 78.4 Å². The van der Waals surface area contributed by atoms with Gasteiger partial charge < -0.3 is 15.3 Å². The van der Waals surface area contributed by atoms with Crippen molar-refractivity contribution in [2.24, 2.45) is 0 Å². The summed E-state index contributed by atoms with van der Waals surface area (Å²) in [5.41, 5.74) is -0.0408. The Bertz CT molecular complexity index is 384. The van der Waals surface area contributed by atoms with Gasteiger partial charge in [0.25, 0.3) is 0 Å². The molecular formula is C12H20N4O2. The van der Waals surface area contributed by atoms with Gasteiger partial charge in [0.1, 0.15) is 5.82 Å². The minimum atomic E-state index is -1.06. The van der Waals surface area contributed by atoms with Crippen molar-refractivity contribution in [2.45, 2.75) is 20.3 Å². The number of rotatable bonds is 8. The molecule has 6 heteroatoms. The lowest BCUT2D eigenvalue weighted by atomic mass is 10.4. The quantitative estimate of drug-likeness (QED) is 0.726. The summed E-state index contributed by atoms with van der Waals surface area (Å²) in [6, 6.07) is 0. The molecular weight excluding hydrogens is 232 g/mol. The smallest absolute Gasteiger partial charge is 0.356 e. The van der Waals surface area contributed by atoms with Gasteiger partial charge in [0.05, 0.1) is 12.4 Å².